The largest absolute Gasteiger partial charge is 0.396 e. The summed E-state index contributed by atoms with van der Waals surface area (Å²) in [6, 6.07) is 1.81. The molecule has 0 unspecified atom stereocenters. The molecule has 0 aliphatic carbocycles. The predicted octanol–water partition coefficient (Wildman–Crippen LogP) is 0.357. The average Bonchev–Trinajstić information content (AvgIpc) is 2.48. The van der Waals surface area contributed by atoms with Gasteiger partial charge in [0.05, 0.1) is 0 Å². The lowest BCUT2D eigenvalue weighted by atomic mass is 10.1. The summed E-state index contributed by atoms with van der Waals surface area (Å²) in [6.45, 7) is 0.274. The lowest BCUT2D eigenvalue weighted by molar-refractivity contribution is -0.128. The molecular formula is C14H17F2N3O3. The van der Waals surface area contributed by atoms with Gasteiger partial charge in [0.15, 0.2) is 0 Å². The van der Waals surface area contributed by atoms with E-state index in [4.69, 9.17) is 5.11 Å². The molecule has 1 heterocycles. The maximum absolute atomic E-state index is 13.5. The molecule has 6 nitrogen and oxygen atoms in total. The molecule has 2 rings (SSSR count). The molecule has 1 saturated heterocycles. The molecule has 0 bridgehead atoms. The Labute approximate surface area is 126 Å². The number of amides is 3. The monoisotopic (exact) mass is 313 g/mol. The fraction of sp³-hybridized carbons (Fsp3) is 0.429. The van der Waals surface area contributed by atoms with Crippen molar-refractivity contribution in [2.24, 2.45) is 0 Å². The third-order valence-electron chi connectivity index (χ3n) is 3.44. The van der Waals surface area contributed by atoms with Gasteiger partial charge in [-0.3, -0.25) is 4.79 Å². The Hall–Kier alpha value is -2.22. The minimum absolute atomic E-state index is 0.116. The zero-order valence-corrected chi connectivity index (χ0v) is 11.8. The first kappa shape index (κ1) is 16.2. The van der Waals surface area contributed by atoms with E-state index in [0.717, 1.165) is 12.1 Å². The number of nitrogens with zero attached hydrogens (tertiary/aromatic N) is 1. The quantitative estimate of drug-likeness (QED) is 0.750. The summed E-state index contributed by atoms with van der Waals surface area (Å²) >= 11 is 0. The van der Waals surface area contributed by atoms with Crippen molar-refractivity contribution in [2.75, 3.05) is 19.7 Å². The van der Waals surface area contributed by atoms with E-state index >= 15 is 0 Å². The number of carbonyl (C=O) groups is 2. The molecule has 1 aliphatic heterocycles. The molecule has 0 aromatic heterocycles. The van der Waals surface area contributed by atoms with E-state index in [0.29, 0.717) is 13.1 Å². The van der Waals surface area contributed by atoms with Crippen molar-refractivity contribution in [3.05, 3.63) is 35.4 Å². The van der Waals surface area contributed by atoms with Crippen molar-refractivity contribution in [1.29, 1.82) is 0 Å². The molecule has 1 aromatic rings. The normalized spacial score (nSPS) is 18.0. The number of halogens is 2. The van der Waals surface area contributed by atoms with Gasteiger partial charge in [0, 0.05) is 37.9 Å². The number of hydrogen-bond donors (Lipinski definition) is 3. The number of nitrogens with one attached hydrogen (secondary N) is 2. The number of carbonyl (C=O) groups excluding carboxylic acids is 2. The van der Waals surface area contributed by atoms with Gasteiger partial charge in [-0.05, 0) is 12.5 Å². The van der Waals surface area contributed by atoms with Gasteiger partial charge in [-0.25, -0.2) is 13.6 Å². The van der Waals surface area contributed by atoms with Gasteiger partial charge in [-0.1, -0.05) is 6.07 Å². The SMILES string of the molecule is O=C1NCCN(C(=O)NCc2ccc(F)cc2F)[C@H]1CCO. The molecule has 0 saturated carbocycles. The number of aliphatic hydroxyl groups excluding tert-OH is 1. The molecule has 0 radical (unpaired) electrons. The molecule has 0 spiro atoms. The zero-order chi connectivity index (χ0) is 16.1. The summed E-state index contributed by atoms with van der Waals surface area (Å²) in [6.07, 6.45) is 0.129. The lowest BCUT2D eigenvalue weighted by Crippen LogP contribution is -2.59. The van der Waals surface area contributed by atoms with Crippen molar-refractivity contribution < 1.29 is 23.5 Å². The van der Waals surface area contributed by atoms with Crippen molar-refractivity contribution in [3.8, 4) is 0 Å². The van der Waals surface area contributed by atoms with Crippen molar-refractivity contribution in [1.82, 2.24) is 15.5 Å². The first-order chi connectivity index (χ1) is 10.5. The lowest BCUT2D eigenvalue weighted by Gasteiger charge is -2.34. The highest BCUT2D eigenvalue weighted by Crippen LogP contribution is 2.11. The van der Waals surface area contributed by atoms with Crippen LogP contribution in [0.4, 0.5) is 13.6 Å². The van der Waals surface area contributed by atoms with Crippen LogP contribution in [0.3, 0.4) is 0 Å². The highest BCUT2D eigenvalue weighted by atomic mass is 19.1. The van der Waals surface area contributed by atoms with Crippen LogP contribution in [0.15, 0.2) is 18.2 Å². The molecule has 3 amide bonds. The van der Waals surface area contributed by atoms with Crippen molar-refractivity contribution in [3.63, 3.8) is 0 Å². The number of urea groups is 1. The molecule has 1 aliphatic rings. The number of aliphatic hydroxyl groups is 1. The number of rotatable bonds is 4. The second kappa shape index (κ2) is 7.17. The maximum atomic E-state index is 13.5. The van der Waals surface area contributed by atoms with Gasteiger partial charge in [-0.2, -0.15) is 0 Å². The van der Waals surface area contributed by atoms with E-state index in [1.54, 1.807) is 0 Å². The summed E-state index contributed by atoms with van der Waals surface area (Å²) in [5.74, 6) is -1.77. The Morgan fingerprint density at radius 2 is 2.23 bits per heavy atom. The van der Waals surface area contributed by atoms with Crippen molar-refractivity contribution >= 4 is 11.9 Å². The predicted molar refractivity (Wildman–Crippen MR) is 73.8 cm³/mol. The fourth-order valence-corrected chi connectivity index (χ4v) is 2.30. The van der Waals surface area contributed by atoms with Crippen LogP contribution >= 0.6 is 0 Å². The van der Waals surface area contributed by atoms with Crippen molar-refractivity contribution in [2.45, 2.75) is 19.0 Å². The second-order valence-electron chi connectivity index (χ2n) is 4.91. The average molecular weight is 313 g/mol. The van der Waals surface area contributed by atoms with E-state index in [2.05, 4.69) is 10.6 Å². The molecule has 1 atom stereocenters. The van der Waals surface area contributed by atoms with Gasteiger partial charge in [-0.15, -0.1) is 0 Å². The standard InChI is InChI=1S/C14H17F2N3O3/c15-10-2-1-9(11(16)7-10)8-18-14(22)19-5-4-17-13(21)12(19)3-6-20/h1-2,7,12,20H,3-6,8H2,(H,17,21)(H,18,22)/t12-/m0/s1. The van der Waals surface area contributed by atoms with Crippen LogP contribution in [0.1, 0.15) is 12.0 Å². The molecule has 8 heteroatoms. The smallest absolute Gasteiger partial charge is 0.318 e. The van der Waals surface area contributed by atoms with Crippen LogP contribution in [0.5, 0.6) is 0 Å². The van der Waals surface area contributed by atoms with Gasteiger partial charge in [0.25, 0.3) is 0 Å². The molecule has 120 valence electrons. The molecule has 3 N–H and O–H groups in total. The minimum atomic E-state index is -0.753. The van der Waals surface area contributed by atoms with Crippen LogP contribution < -0.4 is 10.6 Å². The Kier molecular flexibility index (Phi) is 5.26. The van der Waals surface area contributed by atoms with E-state index < -0.39 is 23.7 Å². The topological polar surface area (TPSA) is 81.7 Å². The first-order valence-corrected chi connectivity index (χ1v) is 6.90. The molecule has 22 heavy (non-hydrogen) atoms. The second-order valence-corrected chi connectivity index (χ2v) is 4.91. The van der Waals surface area contributed by atoms with E-state index in [9.17, 15) is 18.4 Å². The maximum Gasteiger partial charge on any atom is 0.318 e. The molecule has 1 fully saturated rings. The summed E-state index contributed by atoms with van der Waals surface area (Å²) in [5, 5.41) is 14.1. The van der Waals surface area contributed by atoms with E-state index in [1.165, 1.54) is 11.0 Å². The Morgan fingerprint density at radius 1 is 1.45 bits per heavy atom. The van der Waals surface area contributed by atoms with Crippen LogP contribution in [0, 0.1) is 11.6 Å². The first-order valence-electron chi connectivity index (χ1n) is 6.90. The summed E-state index contributed by atoms with van der Waals surface area (Å²) < 4.78 is 26.3. The number of benzene rings is 1. The van der Waals surface area contributed by atoms with Gasteiger partial charge < -0.3 is 20.6 Å². The van der Waals surface area contributed by atoms with Gasteiger partial charge in [0.1, 0.15) is 17.7 Å². The zero-order valence-electron chi connectivity index (χ0n) is 11.8. The Bertz CT molecular complexity index is 568. The van der Waals surface area contributed by atoms with Gasteiger partial charge in [0.2, 0.25) is 5.91 Å². The Morgan fingerprint density at radius 3 is 2.91 bits per heavy atom. The van der Waals surface area contributed by atoms with Gasteiger partial charge >= 0.3 is 6.03 Å². The summed E-state index contributed by atoms with van der Waals surface area (Å²) in [5.41, 5.74) is 0.148. The highest BCUT2D eigenvalue weighted by Gasteiger charge is 2.32. The van der Waals surface area contributed by atoms with Crippen LogP contribution in [-0.2, 0) is 11.3 Å². The van der Waals surface area contributed by atoms with Crippen LogP contribution in [0.2, 0.25) is 0 Å². The van der Waals surface area contributed by atoms with Crippen LogP contribution in [-0.4, -0.2) is 47.7 Å². The van der Waals surface area contributed by atoms with Crippen LogP contribution in [0.25, 0.3) is 0 Å². The number of hydrogen-bond acceptors (Lipinski definition) is 3. The summed E-state index contributed by atoms with van der Waals surface area (Å²) in [4.78, 5) is 25.2. The molecule has 1 aromatic carbocycles. The Balaban J connectivity index is 1.99. The van der Waals surface area contributed by atoms with E-state index in [1.807, 2.05) is 0 Å². The molecular weight excluding hydrogens is 296 g/mol. The fourth-order valence-electron chi connectivity index (χ4n) is 2.30. The third kappa shape index (κ3) is 3.70. The number of piperazine rings is 1. The minimum Gasteiger partial charge on any atom is -0.396 e. The summed E-state index contributed by atoms with van der Waals surface area (Å²) in [7, 11) is 0. The van der Waals surface area contributed by atoms with E-state index in [-0.39, 0.29) is 31.0 Å². The third-order valence-corrected chi connectivity index (χ3v) is 3.44. The highest BCUT2D eigenvalue weighted by molar-refractivity contribution is 5.88.